The standard InChI is InChI=1S/C73H114O6/c1-4-7-10-13-16-19-22-25-26-27-28-29-30-31-32-33-34-35-36-37-38-39-40-41-42-43-44-45-46-49-51-54-57-60-63-66-72(75)78-69-70(79-73(76)67-64-61-58-55-52-48-24-21-18-15-12-9-6-3)68-77-71(74)65-62-59-56-53-50-47-23-20-17-14-11-8-5-2/h7-12,16-21,25-26,28-29,31-32,34-35,37-38,40-41,47-48,50,52,70H,4-6,13-15,22-24,27,30,33,36,39,42-46,49,51,53-69H2,1-3H3/b10-7-,11-8-,12-9-,19-16-,20-17-,21-18-,26-25-,29-28-,32-31-,35-34-,38-37-,41-40-,50-47-,52-48-. The van der Waals surface area contributed by atoms with Gasteiger partial charge in [-0.1, -0.05) is 255 Å². The summed E-state index contributed by atoms with van der Waals surface area (Å²) in [5.41, 5.74) is 0. The first-order valence-corrected chi connectivity index (χ1v) is 31.6. The summed E-state index contributed by atoms with van der Waals surface area (Å²) in [4.78, 5) is 38.2. The monoisotopic (exact) mass is 1090 g/mol. The molecule has 0 amide bonds. The molecule has 0 aromatic carbocycles. The van der Waals surface area contributed by atoms with Gasteiger partial charge in [0.15, 0.2) is 6.10 Å². The fraction of sp³-hybridized carbons (Fsp3) is 0.575. The number of carbonyl (C=O) groups excluding carboxylic acids is 3. The highest BCUT2D eigenvalue weighted by molar-refractivity contribution is 5.71. The molecule has 0 rings (SSSR count). The SMILES string of the molecule is CC/C=C\C/C=C\C/C=C\C/C=C\C/C=C\C/C=C\C/C=C\C/C=C\CCCCCCCCCCCCC(=O)OCC(COC(=O)CCCCC/C=C\C/C=C\C/C=C\CC)OC(=O)CCCCC/C=C\C/C=C\C/C=C\CC. The third kappa shape index (κ3) is 63.5. The van der Waals surface area contributed by atoms with Crippen molar-refractivity contribution in [3.63, 3.8) is 0 Å². The predicted octanol–water partition coefficient (Wildman–Crippen LogP) is 21.9. The van der Waals surface area contributed by atoms with Crippen molar-refractivity contribution in [2.24, 2.45) is 0 Å². The fourth-order valence-electron chi connectivity index (χ4n) is 8.07. The van der Waals surface area contributed by atoms with E-state index in [1.165, 1.54) is 44.9 Å². The van der Waals surface area contributed by atoms with Crippen molar-refractivity contribution >= 4 is 17.9 Å². The molecule has 0 saturated heterocycles. The van der Waals surface area contributed by atoms with E-state index in [9.17, 15) is 14.4 Å². The second-order valence-corrected chi connectivity index (χ2v) is 20.2. The fourth-order valence-corrected chi connectivity index (χ4v) is 8.07. The van der Waals surface area contributed by atoms with Gasteiger partial charge < -0.3 is 14.2 Å². The Bertz CT molecular complexity index is 1820. The molecule has 0 heterocycles. The van der Waals surface area contributed by atoms with Crippen LogP contribution in [-0.2, 0) is 28.6 Å². The Hall–Kier alpha value is -5.23. The van der Waals surface area contributed by atoms with E-state index in [0.717, 1.165) is 167 Å². The normalized spacial score (nSPS) is 13.3. The van der Waals surface area contributed by atoms with Gasteiger partial charge >= 0.3 is 17.9 Å². The molecule has 1 unspecified atom stereocenters. The molecule has 0 spiro atoms. The largest absolute Gasteiger partial charge is 0.462 e. The molecular weight excluding hydrogens is 973 g/mol. The smallest absolute Gasteiger partial charge is 0.306 e. The Morgan fingerprint density at radius 3 is 0.722 bits per heavy atom. The molecule has 0 radical (unpaired) electrons. The summed E-state index contributed by atoms with van der Waals surface area (Å²) in [6.07, 6.45) is 96.6. The molecule has 0 bridgehead atoms. The van der Waals surface area contributed by atoms with E-state index < -0.39 is 6.10 Å². The van der Waals surface area contributed by atoms with E-state index in [1.807, 2.05) is 0 Å². The minimum Gasteiger partial charge on any atom is -0.462 e. The first kappa shape index (κ1) is 73.8. The van der Waals surface area contributed by atoms with Gasteiger partial charge in [0.2, 0.25) is 0 Å². The van der Waals surface area contributed by atoms with Gasteiger partial charge in [-0.2, -0.15) is 0 Å². The number of esters is 3. The molecule has 442 valence electrons. The van der Waals surface area contributed by atoms with Crippen LogP contribution in [0, 0.1) is 0 Å². The number of hydrogen-bond acceptors (Lipinski definition) is 6. The molecule has 0 aliphatic rings. The zero-order valence-electron chi connectivity index (χ0n) is 50.6. The Morgan fingerprint density at radius 1 is 0.253 bits per heavy atom. The Balaban J connectivity index is 4.24. The highest BCUT2D eigenvalue weighted by Crippen LogP contribution is 2.14. The molecule has 0 aromatic rings. The van der Waals surface area contributed by atoms with E-state index in [0.29, 0.717) is 12.8 Å². The van der Waals surface area contributed by atoms with E-state index in [4.69, 9.17) is 14.2 Å². The van der Waals surface area contributed by atoms with Crippen LogP contribution >= 0.6 is 0 Å². The first-order chi connectivity index (χ1) is 39.0. The predicted molar refractivity (Wildman–Crippen MR) is 343 cm³/mol. The summed E-state index contributed by atoms with van der Waals surface area (Å²) in [5.74, 6) is -0.980. The lowest BCUT2D eigenvalue weighted by molar-refractivity contribution is -0.167. The van der Waals surface area contributed by atoms with Crippen molar-refractivity contribution in [2.45, 2.75) is 258 Å². The average molecular weight is 1090 g/mol. The van der Waals surface area contributed by atoms with Crippen molar-refractivity contribution in [2.75, 3.05) is 13.2 Å². The molecule has 0 aliphatic heterocycles. The van der Waals surface area contributed by atoms with Gasteiger partial charge in [-0.25, -0.2) is 0 Å². The molecule has 0 saturated carbocycles. The molecule has 0 fully saturated rings. The molecule has 0 aromatic heterocycles. The molecule has 0 aliphatic carbocycles. The molecule has 1 atom stereocenters. The maximum atomic E-state index is 12.8. The number of hydrogen-bond donors (Lipinski definition) is 0. The molecule has 79 heavy (non-hydrogen) atoms. The van der Waals surface area contributed by atoms with Crippen molar-refractivity contribution in [1.82, 2.24) is 0 Å². The second-order valence-electron chi connectivity index (χ2n) is 20.2. The van der Waals surface area contributed by atoms with Crippen LogP contribution in [0.2, 0.25) is 0 Å². The van der Waals surface area contributed by atoms with E-state index >= 15 is 0 Å². The van der Waals surface area contributed by atoms with E-state index in [-0.39, 0.29) is 37.5 Å². The van der Waals surface area contributed by atoms with Crippen molar-refractivity contribution in [3.05, 3.63) is 170 Å². The van der Waals surface area contributed by atoms with Crippen molar-refractivity contribution in [1.29, 1.82) is 0 Å². The van der Waals surface area contributed by atoms with Gasteiger partial charge in [-0.3, -0.25) is 14.4 Å². The number of unbranched alkanes of at least 4 members (excludes halogenated alkanes) is 16. The summed E-state index contributed by atoms with van der Waals surface area (Å²) in [5, 5.41) is 0. The maximum absolute atomic E-state index is 12.8. The number of ether oxygens (including phenoxy) is 3. The Morgan fingerprint density at radius 2 is 0.456 bits per heavy atom. The van der Waals surface area contributed by atoms with Gasteiger partial charge in [-0.05, 0) is 148 Å². The van der Waals surface area contributed by atoms with Crippen LogP contribution in [0.4, 0.5) is 0 Å². The zero-order valence-corrected chi connectivity index (χ0v) is 50.6. The number of carbonyl (C=O) groups is 3. The number of rotatable bonds is 55. The average Bonchev–Trinajstić information content (AvgIpc) is 3.45. The minimum absolute atomic E-state index is 0.108. The highest BCUT2D eigenvalue weighted by Gasteiger charge is 2.19. The van der Waals surface area contributed by atoms with Gasteiger partial charge in [0.1, 0.15) is 13.2 Å². The van der Waals surface area contributed by atoms with Crippen LogP contribution in [-0.4, -0.2) is 37.2 Å². The molecule has 0 N–H and O–H groups in total. The third-order valence-corrected chi connectivity index (χ3v) is 12.7. The topological polar surface area (TPSA) is 78.9 Å². The lowest BCUT2D eigenvalue weighted by Crippen LogP contribution is -2.30. The molecule has 6 nitrogen and oxygen atoms in total. The Kier molecular flexibility index (Phi) is 61.0. The van der Waals surface area contributed by atoms with Gasteiger partial charge in [-0.15, -0.1) is 0 Å². The van der Waals surface area contributed by atoms with Gasteiger partial charge in [0.25, 0.3) is 0 Å². The lowest BCUT2D eigenvalue weighted by atomic mass is 10.1. The van der Waals surface area contributed by atoms with Crippen LogP contribution in [0.1, 0.15) is 252 Å². The van der Waals surface area contributed by atoms with Crippen LogP contribution in [0.15, 0.2) is 170 Å². The van der Waals surface area contributed by atoms with Crippen molar-refractivity contribution < 1.29 is 28.6 Å². The first-order valence-electron chi connectivity index (χ1n) is 31.6. The Labute approximate surface area is 485 Å². The summed E-state index contributed by atoms with van der Waals surface area (Å²) in [7, 11) is 0. The zero-order chi connectivity index (χ0) is 57.1. The van der Waals surface area contributed by atoms with Crippen LogP contribution in [0.3, 0.4) is 0 Å². The minimum atomic E-state index is -0.815. The summed E-state index contributed by atoms with van der Waals surface area (Å²) < 4.78 is 16.8. The van der Waals surface area contributed by atoms with Gasteiger partial charge in [0.05, 0.1) is 0 Å². The summed E-state index contributed by atoms with van der Waals surface area (Å²) in [6, 6.07) is 0. The van der Waals surface area contributed by atoms with Crippen LogP contribution in [0.25, 0.3) is 0 Å². The van der Waals surface area contributed by atoms with Gasteiger partial charge in [0, 0.05) is 19.3 Å². The maximum Gasteiger partial charge on any atom is 0.306 e. The quantitative estimate of drug-likeness (QED) is 0.0261. The summed E-state index contributed by atoms with van der Waals surface area (Å²) >= 11 is 0. The lowest BCUT2D eigenvalue weighted by Gasteiger charge is -2.18. The van der Waals surface area contributed by atoms with Crippen LogP contribution < -0.4 is 0 Å². The second kappa shape index (κ2) is 65.3. The molecule has 6 heteroatoms. The summed E-state index contributed by atoms with van der Waals surface area (Å²) in [6.45, 7) is 6.23. The van der Waals surface area contributed by atoms with Crippen LogP contribution in [0.5, 0.6) is 0 Å². The molecular formula is C73H114O6. The third-order valence-electron chi connectivity index (χ3n) is 12.7. The highest BCUT2D eigenvalue weighted by atomic mass is 16.6. The van der Waals surface area contributed by atoms with E-state index in [2.05, 4.69) is 191 Å². The van der Waals surface area contributed by atoms with Crippen molar-refractivity contribution in [3.8, 4) is 0 Å². The van der Waals surface area contributed by atoms with E-state index in [1.54, 1.807) is 0 Å². The number of allylic oxidation sites excluding steroid dienone is 28.